The fourth-order valence-electron chi connectivity index (χ4n) is 7.18. The van der Waals surface area contributed by atoms with E-state index in [1.807, 2.05) is 65.1 Å². The molecule has 1 fully saturated rings. The van der Waals surface area contributed by atoms with Gasteiger partial charge in [0.2, 0.25) is 5.91 Å². The molecule has 0 spiro atoms. The Hall–Kier alpha value is -3.68. The zero-order valence-electron chi connectivity index (χ0n) is 33.3. The van der Waals surface area contributed by atoms with Crippen molar-refractivity contribution >= 4 is 40.9 Å². The van der Waals surface area contributed by atoms with Crippen LogP contribution in [0.2, 0.25) is 0 Å². The average Bonchev–Trinajstić information content (AvgIpc) is 3.61. The number of piperidine rings is 1. The Morgan fingerprint density at radius 3 is 2.25 bits per heavy atom. The number of nitrogens with zero attached hydrogens (tertiary/aromatic N) is 4. The van der Waals surface area contributed by atoms with Gasteiger partial charge in [-0.3, -0.25) is 33.8 Å². The van der Waals surface area contributed by atoms with Crippen molar-refractivity contribution < 1.29 is 33.4 Å². The van der Waals surface area contributed by atoms with Crippen LogP contribution in [0.1, 0.15) is 100 Å². The lowest BCUT2D eigenvalue weighted by atomic mass is 9.84. The zero-order chi connectivity index (χ0) is 39.4. The van der Waals surface area contributed by atoms with Crippen LogP contribution in [0.4, 0.5) is 0 Å². The van der Waals surface area contributed by atoms with E-state index < -0.39 is 42.0 Å². The lowest BCUT2D eigenvalue weighted by Gasteiger charge is -2.37. The van der Waals surface area contributed by atoms with Crippen LogP contribution in [0.5, 0.6) is 0 Å². The number of esters is 2. The molecular formula is C40H61N5O7S. The number of nitrogens with one attached hydrogen (secondary N) is 1. The maximum Gasteiger partial charge on any atom is 0.323 e. The molecule has 3 rings (SSSR count). The van der Waals surface area contributed by atoms with E-state index in [-0.39, 0.29) is 54.1 Å². The third-order valence-electron chi connectivity index (χ3n) is 10.4. The maximum atomic E-state index is 14.1. The monoisotopic (exact) mass is 755 g/mol. The maximum absolute atomic E-state index is 14.1. The summed E-state index contributed by atoms with van der Waals surface area (Å²) in [6, 6.07) is 8.19. The number of hydrogen-bond acceptors (Lipinski definition) is 11. The number of carbonyl (C=O) groups is 5. The van der Waals surface area contributed by atoms with Crippen molar-refractivity contribution in [3.8, 4) is 0 Å². The molecule has 1 aromatic carbocycles. The van der Waals surface area contributed by atoms with Gasteiger partial charge in [-0.25, -0.2) is 4.98 Å². The number of likely N-dealkylation sites (N-methyl/N-ethyl adjacent to an activating group) is 2. The third kappa shape index (κ3) is 12.7. The minimum atomic E-state index is -0.811. The summed E-state index contributed by atoms with van der Waals surface area (Å²) in [4.78, 5) is 76.5. The van der Waals surface area contributed by atoms with E-state index in [1.54, 1.807) is 36.3 Å². The zero-order valence-corrected chi connectivity index (χ0v) is 34.1. The SMILES string of the molecule is COC(=O)[C@H](C[C@H](Cc1ccccc1)NC(=O)c1csc([C@@H](C[C@H](C(C)C)N(C)C(=O)[C@@H](CC(=O)[C@H]2CCCCN2C)C(C)C)OC(C)=O)n1)N(C)C. The lowest BCUT2D eigenvalue weighted by Crippen LogP contribution is -2.48. The molecule has 1 aliphatic heterocycles. The van der Waals surface area contributed by atoms with Crippen LogP contribution in [0.15, 0.2) is 35.7 Å². The fourth-order valence-corrected chi connectivity index (χ4v) is 8.02. The van der Waals surface area contributed by atoms with E-state index in [0.717, 1.165) is 31.4 Å². The quantitative estimate of drug-likeness (QED) is 0.191. The second kappa shape index (κ2) is 20.7. The molecule has 6 atom stereocenters. The van der Waals surface area contributed by atoms with Gasteiger partial charge in [-0.15, -0.1) is 11.3 Å². The van der Waals surface area contributed by atoms with Gasteiger partial charge in [-0.1, -0.05) is 64.4 Å². The number of aromatic nitrogens is 1. The largest absolute Gasteiger partial charge is 0.468 e. The van der Waals surface area contributed by atoms with Crippen LogP contribution < -0.4 is 5.32 Å². The first kappa shape index (κ1) is 43.7. The van der Waals surface area contributed by atoms with E-state index in [2.05, 4.69) is 15.2 Å². The molecule has 294 valence electrons. The number of benzene rings is 1. The predicted molar refractivity (Wildman–Crippen MR) is 206 cm³/mol. The minimum Gasteiger partial charge on any atom is -0.468 e. The summed E-state index contributed by atoms with van der Waals surface area (Å²) in [6.07, 6.45) is 3.32. The van der Waals surface area contributed by atoms with Crippen LogP contribution in [-0.2, 0) is 35.1 Å². The van der Waals surface area contributed by atoms with Gasteiger partial charge < -0.3 is 19.7 Å². The summed E-state index contributed by atoms with van der Waals surface area (Å²) in [5.41, 5.74) is 1.16. The smallest absolute Gasteiger partial charge is 0.323 e. The number of ketones is 1. The first-order valence-corrected chi connectivity index (χ1v) is 19.6. The lowest BCUT2D eigenvalue weighted by molar-refractivity contribution is -0.149. The van der Waals surface area contributed by atoms with Crippen LogP contribution in [-0.4, -0.2) is 115 Å². The Kier molecular flexibility index (Phi) is 17.1. The number of likely N-dealkylation sites (tertiary alicyclic amines) is 1. The van der Waals surface area contributed by atoms with Crippen molar-refractivity contribution in [3.63, 3.8) is 0 Å². The number of rotatable bonds is 19. The van der Waals surface area contributed by atoms with Crippen molar-refractivity contribution in [3.05, 3.63) is 52.0 Å². The van der Waals surface area contributed by atoms with Crippen LogP contribution >= 0.6 is 11.3 Å². The van der Waals surface area contributed by atoms with Gasteiger partial charge in [0.1, 0.15) is 16.7 Å². The highest BCUT2D eigenvalue weighted by molar-refractivity contribution is 7.09. The Labute approximate surface area is 320 Å². The molecule has 1 N–H and O–H groups in total. The third-order valence-corrected chi connectivity index (χ3v) is 11.3. The van der Waals surface area contributed by atoms with E-state index in [4.69, 9.17) is 9.47 Å². The van der Waals surface area contributed by atoms with Crippen LogP contribution in [0.25, 0.3) is 0 Å². The van der Waals surface area contributed by atoms with Gasteiger partial charge in [0.15, 0.2) is 11.9 Å². The highest BCUT2D eigenvalue weighted by Gasteiger charge is 2.37. The Bertz CT molecular complexity index is 1510. The molecule has 0 saturated carbocycles. The number of carbonyl (C=O) groups excluding carboxylic acids is 5. The fraction of sp³-hybridized carbons (Fsp3) is 0.650. The summed E-state index contributed by atoms with van der Waals surface area (Å²) in [5, 5.41) is 5.15. The molecule has 1 aliphatic rings. The van der Waals surface area contributed by atoms with Gasteiger partial charge in [0, 0.05) is 50.2 Å². The molecule has 1 saturated heterocycles. The first-order valence-electron chi connectivity index (χ1n) is 18.7. The predicted octanol–water partition coefficient (Wildman–Crippen LogP) is 5.17. The highest BCUT2D eigenvalue weighted by atomic mass is 32.1. The molecule has 0 aliphatic carbocycles. The Morgan fingerprint density at radius 1 is 1.00 bits per heavy atom. The number of hydrogen-bond donors (Lipinski definition) is 1. The van der Waals surface area contributed by atoms with Crippen LogP contribution in [0, 0.1) is 17.8 Å². The molecule has 2 amide bonds. The molecule has 0 bridgehead atoms. The van der Waals surface area contributed by atoms with Crippen LogP contribution in [0.3, 0.4) is 0 Å². The van der Waals surface area contributed by atoms with Crippen molar-refractivity contribution in [1.82, 2.24) is 25.0 Å². The Morgan fingerprint density at radius 2 is 1.68 bits per heavy atom. The minimum absolute atomic E-state index is 0.0177. The van der Waals surface area contributed by atoms with Crippen molar-refractivity contribution in [1.29, 1.82) is 0 Å². The molecule has 0 radical (unpaired) electrons. The van der Waals surface area contributed by atoms with Gasteiger partial charge in [0.25, 0.3) is 5.91 Å². The van der Waals surface area contributed by atoms with Gasteiger partial charge >= 0.3 is 11.9 Å². The van der Waals surface area contributed by atoms with Crippen molar-refractivity contribution in [2.75, 3.05) is 41.8 Å². The first-order chi connectivity index (χ1) is 25.0. The molecule has 2 aromatic rings. The summed E-state index contributed by atoms with van der Waals surface area (Å²) in [5.74, 6) is -1.88. The number of thiazole rings is 1. The standard InChI is InChI=1S/C40H61N5O7S/c1-25(2)30(22-35(47)32-18-14-15-19-44(32)8)39(49)45(9)33(26(3)4)23-36(52-27(5)46)38-42-31(24-53-38)37(48)41-29(20-28-16-12-11-13-17-28)21-34(43(6)7)40(50)51-10/h11-13,16-17,24-26,29-30,32-34,36H,14-15,18-23H2,1-10H3,(H,41,48)/t29-,30-,32+,33+,34-,36+/m0/s1. The topological polar surface area (TPSA) is 138 Å². The van der Waals surface area contributed by atoms with Gasteiger partial charge in [-0.2, -0.15) is 0 Å². The number of Topliss-reactive ketones (excluding diaryl/α,β-unsaturated/α-hetero) is 1. The number of ether oxygens (including phenoxy) is 2. The molecular weight excluding hydrogens is 695 g/mol. The highest BCUT2D eigenvalue weighted by Crippen LogP contribution is 2.32. The second-order valence-electron chi connectivity index (χ2n) is 15.3. The van der Waals surface area contributed by atoms with Gasteiger partial charge in [0.05, 0.1) is 13.2 Å². The number of methoxy groups -OCH3 is 1. The average molecular weight is 756 g/mol. The number of amides is 2. The normalized spacial score (nSPS) is 17.9. The van der Waals surface area contributed by atoms with E-state index in [0.29, 0.717) is 17.8 Å². The molecule has 12 nitrogen and oxygen atoms in total. The second-order valence-corrected chi connectivity index (χ2v) is 16.2. The molecule has 1 aromatic heterocycles. The molecule has 0 unspecified atom stereocenters. The molecule has 2 heterocycles. The van der Waals surface area contributed by atoms with Crippen molar-refractivity contribution in [2.45, 2.75) is 110 Å². The van der Waals surface area contributed by atoms with E-state index in [1.165, 1.54) is 25.4 Å². The van der Waals surface area contributed by atoms with E-state index >= 15 is 0 Å². The van der Waals surface area contributed by atoms with Gasteiger partial charge in [-0.05, 0) is 70.8 Å². The Balaban J connectivity index is 1.82. The van der Waals surface area contributed by atoms with Crippen molar-refractivity contribution in [2.24, 2.45) is 17.8 Å². The molecule has 13 heteroatoms. The summed E-state index contributed by atoms with van der Waals surface area (Å²) in [6.45, 7) is 10.2. The summed E-state index contributed by atoms with van der Waals surface area (Å²) < 4.78 is 10.8. The van der Waals surface area contributed by atoms with E-state index in [9.17, 15) is 24.0 Å². The summed E-state index contributed by atoms with van der Waals surface area (Å²) in [7, 11) is 8.66. The molecule has 53 heavy (non-hydrogen) atoms. The summed E-state index contributed by atoms with van der Waals surface area (Å²) >= 11 is 1.21.